The summed E-state index contributed by atoms with van der Waals surface area (Å²) >= 11 is 0. The van der Waals surface area contributed by atoms with Crippen LogP contribution in [0.25, 0.3) is 0 Å². The summed E-state index contributed by atoms with van der Waals surface area (Å²) in [6, 6.07) is 4.66. The summed E-state index contributed by atoms with van der Waals surface area (Å²) in [7, 11) is 1.46. The number of rotatable bonds is 2. The predicted octanol–water partition coefficient (Wildman–Crippen LogP) is 3.27. The largest absolute Gasteiger partial charge is 0.443 e. The smallest absolute Gasteiger partial charge is 0.414 e. The highest BCUT2D eigenvalue weighted by atomic mass is 16.6. The van der Waals surface area contributed by atoms with Crippen LogP contribution < -0.4 is 4.90 Å². The molecule has 0 spiro atoms. The number of carbonyl (C=O) groups excluding carboxylic acids is 1. The summed E-state index contributed by atoms with van der Waals surface area (Å²) in [6.07, 6.45) is -0.620. The molecule has 0 saturated carbocycles. The molecule has 1 amide bonds. The van der Waals surface area contributed by atoms with Crippen LogP contribution in [0.1, 0.15) is 26.3 Å². The number of hydrogen-bond acceptors (Lipinski definition) is 4. The van der Waals surface area contributed by atoms with Gasteiger partial charge in [-0.15, -0.1) is 0 Å². The molecule has 0 radical (unpaired) electrons. The molecular weight excluding hydrogens is 248 g/mol. The Bertz CT molecular complexity index is 506. The fraction of sp³-hybridized carbons (Fsp3) is 0.462. The molecule has 0 saturated heterocycles. The monoisotopic (exact) mass is 266 g/mol. The molecule has 0 aliphatic rings. The quantitative estimate of drug-likeness (QED) is 0.608. The van der Waals surface area contributed by atoms with Crippen LogP contribution in [0.5, 0.6) is 0 Å². The Kier molecular flexibility index (Phi) is 4.14. The van der Waals surface area contributed by atoms with Gasteiger partial charge in [-0.2, -0.15) is 0 Å². The summed E-state index contributed by atoms with van der Waals surface area (Å²) in [5, 5.41) is 11.0. The minimum Gasteiger partial charge on any atom is -0.443 e. The molecule has 0 N–H and O–H groups in total. The third kappa shape index (κ3) is 3.67. The number of nitrogens with zero attached hydrogens (tertiary/aromatic N) is 2. The van der Waals surface area contributed by atoms with Crippen molar-refractivity contribution in [1.29, 1.82) is 0 Å². The van der Waals surface area contributed by atoms with Gasteiger partial charge in [-0.1, -0.05) is 12.1 Å². The number of nitro groups is 1. The van der Waals surface area contributed by atoms with Crippen LogP contribution in [0.4, 0.5) is 16.2 Å². The average Bonchev–Trinajstić information content (AvgIpc) is 2.25. The third-order valence-corrected chi connectivity index (χ3v) is 2.42. The van der Waals surface area contributed by atoms with Crippen LogP contribution in [0.3, 0.4) is 0 Å². The summed E-state index contributed by atoms with van der Waals surface area (Å²) < 4.78 is 5.21. The lowest BCUT2D eigenvalue weighted by Gasteiger charge is -2.25. The average molecular weight is 266 g/mol. The van der Waals surface area contributed by atoms with Crippen LogP contribution >= 0.6 is 0 Å². The molecule has 0 aliphatic heterocycles. The number of aryl methyl sites for hydroxylation is 1. The van der Waals surface area contributed by atoms with Gasteiger partial charge in [-0.3, -0.25) is 15.0 Å². The lowest BCUT2D eigenvalue weighted by molar-refractivity contribution is -0.384. The van der Waals surface area contributed by atoms with Gasteiger partial charge in [0.15, 0.2) is 0 Å². The molecule has 0 heterocycles. The van der Waals surface area contributed by atoms with E-state index in [2.05, 4.69) is 0 Å². The number of para-hydroxylation sites is 1. The van der Waals surface area contributed by atoms with Gasteiger partial charge in [0.05, 0.1) is 4.92 Å². The maximum atomic E-state index is 12.0. The minimum absolute atomic E-state index is 0.117. The highest BCUT2D eigenvalue weighted by Crippen LogP contribution is 2.31. The molecule has 0 bridgehead atoms. The Morgan fingerprint density at radius 1 is 1.37 bits per heavy atom. The van der Waals surface area contributed by atoms with E-state index in [0.29, 0.717) is 5.56 Å². The van der Waals surface area contributed by atoms with Gasteiger partial charge in [0, 0.05) is 13.1 Å². The predicted molar refractivity (Wildman–Crippen MR) is 72.5 cm³/mol. The van der Waals surface area contributed by atoms with Gasteiger partial charge in [-0.05, 0) is 33.3 Å². The van der Waals surface area contributed by atoms with E-state index in [-0.39, 0.29) is 11.4 Å². The molecule has 1 aromatic carbocycles. The molecule has 0 aromatic heterocycles. The SMILES string of the molecule is Cc1cccc([N+](=O)[O-])c1N(C)C(=O)OC(C)(C)C. The Morgan fingerprint density at radius 2 is 1.95 bits per heavy atom. The fourth-order valence-corrected chi connectivity index (χ4v) is 1.65. The molecule has 0 aliphatic carbocycles. The summed E-state index contributed by atoms with van der Waals surface area (Å²) in [5.41, 5.74) is 0.126. The van der Waals surface area contributed by atoms with Crippen LogP contribution in [-0.2, 0) is 4.74 Å². The molecule has 104 valence electrons. The van der Waals surface area contributed by atoms with Gasteiger partial charge < -0.3 is 4.74 Å². The highest BCUT2D eigenvalue weighted by Gasteiger charge is 2.26. The van der Waals surface area contributed by atoms with Crippen molar-refractivity contribution in [3.63, 3.8) is 0 Å². The number of nitro benzene ring substituents is 1. The van der Waals surface area contributed by atoms with E-state index in [1.807, 2.05) is 0 Å². The van der Waals surface area contributed by atoms with Crippen molar-refractivity contribution >= 4 is 17.5 Å². The van der Waals surface area contributed by atoms with E-state index in [0.717, 1.165) is 0 Å². The van der Waals surface area contributed by atoms with E-state index in [1.54, 1.807) is 39.8 Å². The van der Waals surface area contributed by atoms with Crippen molar-refractivity contribution in [3.8, 4) is 0 Å². The molecule has 6 nitrogen and oxygen atoms in total. The van der Waals surface area contributed by atoms with Crippen molar-refractivity contribution in [1.82, 2.24) is 0 Å². The number of carbonyl (C=O) groups is 1. The van der Waals surface area contributed by atoms with Gasteiger partial charge in [0.1, 0.15) is 11.3 Å². The molecule has 0 unspecified atom stereocenters. The normalized spacial score (nSPS) is 11.0. The molecule has 1 aromatic rings. The highest BCUT2D eigenvalue weighted by molar-refractivity contribution is 5.91. The van der Waals surface area contributed by atoms with E-state index in [4.69, 9.17) is 4.74 Å². The first-order chi connectivity index (χ1) is 8.63. The topological polar surface area (TPSA) is 72.7 Å². The van der Waals surface area contributed by atoms with E-state index < -0.39 is 16.6 Å². The van der Waals surface area contributed by atoms with Crippen molar-refractivity contribution < 1.29 is 14.5 Å². The molecule has 0 atom stereocenters. The molecule has 6 heteroatoms. The second-order valence-corrected chi connectivity index (χ2v) is 5.24. The van der Waals surface area contributed by atoms with E-state index in [1.165, 1.54) is 18.0 Å². The molecule has 1 rings (SSSR count). The number of benzene rings is 1. The first-order valence-corrected chi connectivity index (χ1v) is 5.84. The van der Waals surface area contributed by atoms with Crippen LogP contribution in [0.2, 0.25) is 0 Å². The third-order valence-electron chi connectivity index (χ3n) is 2.42. The second-order valence-electron chi connectivity index (χ2n) is 5.24. The summed E-state index contributed by atoms with van der Waals surface area (Å²) in [4.78, 5) is 23.6. The van der Waals surface area contributed by atoms with Gasteiger partial charge in [0.25, 0.3) is 5.69 Å². The van der Waals surface area contributed by atoms with Crippen LogP contribution in [0, 0.1) is 17.0 Å². The number of anilines is 1. The summed E-state index contributed by atoms with van der Waals surface area (Å²) in [5.74, 6) is 0. The lowest BCUT2D eigenvalue weighted by Crippen LogP contribution is -2.34. The first kappa shape index (κ1) is 14.9. The van der Waals surface area contributed by atoms with Crippen molar-refractivity contribution in [2.75, 3.05) is 11.9 Å². The number of ether oxygens (including phenoxy) is 1. The van der Waals surface area contributed by atoms with Gasteiger partial charge in [0.2, 0.25) is 0 Å². The molecule has 0 fully saturated rings. The Hall–Kier alpha value is -2.11. The van der Waals surface area contributed by atoms with Crippen LogP contribution in [-0.4, -0.2) is 23.7 Å². The fourth-order valence-electron chi connectivity index (χ4n) is 1.65. The minimum atomic E-state index is -0.650. The zero-order chi connectivity index (χ0) is 14.8. The van der Waals surface area contributed by atoms with E-state index >= 15 is 0 Å². The Balaban J connectivity index is 3.16. The van der Waals surface area contributed by atoms with Gasteiger partial charge >= 0.3 is 6.09 Å². The van der Waals surface area contributed by atoms with Gasteiger partial charge in [-0.25, -0.2) is 4.79 Å². The van der Waals surface area contributed by atoms with Crippen LogP contribution in [0.15, 0.2) is 18.2 Å². The molecule has 19 heavy (non-hydrogen) atoms. The zero-order valence-corrected chi connectivity index (χ0v) is 11.8. The maximum Gasteiger partial charge on any atom is 0.414 e. The lowest BCUT2D eigenvalue weighted by atomic mass is 10.1. The maximum absolute atomic E-state index is 12.0. The van der Waals surface area contributed by atoms with Crippen molar-refractivity contribution in [2.24, 2.45) is 0 Å². The molecular formula is C13H18N2O4. The Labute approximate surface area is 112 Å². The Morgan fingerprint density at radius 3 is 2.42 bits per heavy atom. The van der Waals surface area contributed by atoms with E-state index in [9.17, 15) is 14.9 Å². The van der Waals surface area contributed by atoms with Crippen molar-refractivity contribution in [3.05, 3.63) is 33.9 Å². The standard InChI is InChI=1S/C13H18N2O4/c1-9-7-6-8-10(15(17)18)11(9)14(5)12(16)19-13(2,3)4/h6-8H,1-5H3. The zero-order valence-electron chi connectivity index (χ0n) is 11.8. The summed E-state index contributed by atoms with van der Waals surface area (Å²) in [6.45, 7) is 6.93. The van der Waals surface area contributed by atoms with Crippen molar-refractivity contribution in [2.45, 2.75) is 33.3 Å². The number of amides is 1. The first-order valence-electron chi connectivity index (χ1n) is 5.84. The second kappa shape index (κ2) is 5.26. The number of hydrogen-bond donors (Lipinski definition) is 0.